The Hall–Kier alpha value is -3.71. The highest BCUT2D eigenvalue weighted by atomic mass is 19.4. The third-order valence-electron chi connectivity index (χ3n) is 5.11. The fourth-order valence-electron chi connectivity index (χ4n) is 3.34. The van der Waals surface area contributed by atoms with E-state index >= 15 is 0 Å². The number of aromatic nitrogens is 2. The van der Waals surface area contributed by atoms with Gasteiger partial charge in [0.1, 0.15) is 11.5 Å². The standard InChI is InChI=1S/C9H15NO2.C8H10N2O.C7H7NO2.CH4.BF3.FH/c1-2-12-9(11)5-8-10-6-3-4-7-10;1-6(11)7-5-10-4-2-3-8(10)9-7;1-6-2-4-7(5-3-6)8(9)10;;2-1(3)4;/h5,8H,2-4,6-7H2,1H3;5H,2-4H2,1H3;2-5H,1H3;1H4;;1H/p-1/b8-5+;;;;;. The summed E-state index contributed by atoms with van der Waals surface area (Å²) in [7, 11) is -3.67. The number of hydrogen-bond acceptors (Lipinski definition) is 7. The fraction of sp³-hybridized carbons (Fsp3) is 0.480. The first-order valence-electron chi connectivity index (χ1n) is 11.8. The molecule has 0 radical (unpaired) electrons. The maximum absolute atomic E-state index is 10.9. The summed E-state index contributed by atoms with van der Waals surface area (Å²) in [4.78, 5) is 37.8. The molecule has 14 heteroatoms. The van der Waals surface area contributed by atoms with Crippen molar-refractivity contribution in [2.45, 2.75) is 60.4 Å². The van der Waals surface area contributed by atoms with Gasteiger partial charge in [-0.15, -0.1) is 0 Å². The number of aryl methyl sites for hydroxylation is 3. The number of fused-ring (bicyclic) bond motifs is 1. The number of halogens is 4. The maximum atomic E-state index is 10.9. The number of imidazole rings is 1. The molecule has 1 fully saturated rings. The summed E-state index contributed by atoms with van der Waals surface area (Å²) >= 11 is 0. The molecule has 0 saturated carbocycles. The molecular formula is C25H36BF4N4O5-. The third kappa shape index (κ3) is 16.0. The molecule has 9 nitrogen and oxygen atoms in total. The van der Waals surface area contributed by atoms with Crippen molar-refractivity contribution < 1.29 is 36.9 Å². The number of ketones is 1. The highest BCUT2D eigenvalue weighted by molar-refractivity contribution is 6.33. The summed E-state index contributed by atoms with van der Waals surface area (Å²) in [6, 6.07) is 6.43. The van der Waals surface area contributed by atoms with Crippen LogP contribution in [-0.4, -0.2) is 58.4 Å². The first-order valence-corrected chi connectivity index (χ1v) is 11.8. The fourth-order valence-corrected chi connectivity index (χ4v) is 3.34. The number of carbonyl (C=O) groups excluding carboxylic acids is 2. The lowest BCUT2D eigenvalue weighted by Crippen LogP contribution is -3.00. The minimum Gasteiger partial charge on any atom is -1.00 e. The molecule has 39 heavy (non-hydrogen) atoms. The molecule has 1 aromatic carbocycles. The van der Waals surface area contributed by atoms with Crippen LogP contribution in [0.3, 0.4) is 0 Å². The van der Waals surface area contributed by atoms with Crippen molar-refractivity contribution in [1.29, 1.82) is 0 Å². The SMILES string of the molecule is C.CC(=O)c1cn2c(n1)CCC2.CCOC(=O)/C=C/N1CCCC1.Cc1ccc([N+](=O)[O-])cc1.FB(F)F.[F-]. The van der Waals surface area contributed by atoms with Gasteiger partial charge in [-0.3, -0.25) is 27.9 Å². The molecular weight excluding hydrogens is 523 g/mol. The van der Waals surface area contributed by atoms with Gasteiger partial charge < -0.3 is 18.9 Å². The van der Waals surface area contributed by atoms with Crippen LogP contribution in [0, 0.1) is 17.0 Å². The molecule has 218 valence electrons. The van der Waals surface area contributed by atoms with Crippen molar-refractivity contribution in [3.63, 3.8) is 0 Å². The summed E-state index contributed by atoms with van der Waals surface area (Å²) in [5.41, 5.74) is 1.79. The summed E-state index contributed by atoms with van der Waals surface area (Å²) in [6.07, 6.45) is 9.82. The van der Waals surface area contributed by atoms with E-state index in [0.29, 0.717) is 12.3 Å². The van der Waals surface area contributed by atoms with Gasteiger partial charge >= 0.3 is 13.5 Å². The summed E-state index contributed by atoms with van der Waals surface area (Å²) in [6.45, 7) is 8.86. The molecule has 0 amide bonds. The lowest BCUT2D eigenvalue weighted by molar-refractivity contribution is -0.384. The monoisotopic (exact) mass is 559 g/mol. The molecule has 3 heterocycles. The van der Waals surface area contributed by atoms with Crippen LogP contribution >= 0.6 is 0 Å². The van der Waals surface area contributed by atoms with Gasteiger partial charge in [-0.2, -0.15) is 0 Å². The van der Waals surface area contributed by atoms with Gasteiger partial charge in [-0.05, 0) is 33.1 Å². The Morgan fingerprint density at radius 3 is 2.15 bits per heavy atom. The van der Waals surface area contributed by atoms with E-state index in [1.165, 1.54) is 37.5 Å². The molecule has 2 aromatic rings. The number of non-ortho nitro benzene ring substituents is 1. The Bertz CT molecular complexity index is 1010. The van der Waals surface area contributed by atoms with Crippen LogP contribution in [0.4, 0.5) is 18.6 Å². The molecule has 1 saturated heterocycles. The summed E-state index contributed by atoms with van der Waals surface area (Å²) < 4.78 is 35.8. The van der Waals surface area contributed by atoms with Crippen LogP contribution in [0.1, 0.15) is 62.4 Å². The van der Waals surface area contributed by atoms with Gasteiger partial charge in [-0.25, -0.2) is 9.78 Å². The Labute approximate surface area is 226 Å². The van der Waals surface area contributed by atoms with Crippen LogP contribution in [0.25, 0.3) is 0 Å². The van der Waals surface area contributed by atoms with Crippen molar-refractivity contribution in [3.8, 4) is 0 Å². The lowest BCUT2D eigenvalue weighted by atomic mass is 10.2. The second kappa shape index (κ2) is 20.3. The highest BCUT2D eigenvalue weighted by Gasteiger charge is 2.15. The highest BCUT2D eigenvalue weighted by Crippen LogP contribution is 2.14. The van der Waals surface area contributed by atoms with Gasteiger partial charge in [0, 0.05) is 63.6 Å². The van der Waals surface area contributed by atoms with Crippen molar-refractivity contribution >= 4 is 25.0 Å². The van der Waals surface area contributed by atoms with E-state index in [9.17, 15) is 32.7 Å². The third-order valence-corrected chi connectivity index (χ3v) is 5.11. The molecule has 0 unspecified atom stereocenters. The molecule has 2 aliphatic rings. The molecule has 0 spiro atoms. The van der Waals surface area contributed by atoms with E-state index < -0.39 is 12.5 Å². The van der Waals surface area contributed by atoms with Gasteiger partial charge in [-0.1, -0.05) is 25.1 Å². The number of carbonyl (C=O) groups is 2. The second-order valence-electron chi connectivity index (χ2n) is 8.05. The van der Waals surface area contributed by atoms with Crippen molar-refractivity contribution in [3.05, 3.63) is 69.9 Å². The second-order valence-corrected chi connectivity index (χ2v) is 8.05. The maximum Gasteiger partial charge on any atom is 0.762 e. The van der Waals surface area contributed by atoms with Gasteiger partial charge in [0.2, 0.25) is 0 Å². The largest absolute Gasteiger partial charge is 1.00 e. The zero-order chi connectivity index (χ0) is 27.8. The zero-order valence-electron chi connectivity index (χ0n) is 21.6. The summed E-state index contributed by atoms with van der Waals surface area (Å²) in [5, 5.41) is 10.1. The van der Waals surface area contributed by atoms with E-state index in [1.54, 1.807) is 19.1 Å². The van der Waals surface area contributed by atoms with E-state index in [4.69, 9.17) is 4.74 Å². The predicted octanol–water partition coefficient (Wildman–Crippen LogP) is 2.61. The minimum absolute atomic E-state index is 0. The number of likely N-dealkylation sites (tertiary alicyclic amines) is 1. The Balaban J connectivity index is 0. The number of benzene rings is 1. The molecule has 0 aliphatic carbocycles. The Morgan fingerprint density at radius 2 is 1.69 bits per heavy atom. The molecule has 2 aliphatic heterocycles. The topological polar surface area (TPSA) is 108 Å². The van der Waals surface area contributed by atoms with E-state index in [1.807, 2.05) is 26.2 Å². The molecule has 1 aromatic heterocycles. The average Bonchev–Trinajstić information content (AvgIpc) is 3.57. The average molecular weight is 559 g/mol. The quantitative estimate of drug-likeness (QED) is 0.105. The number of nitro groups is 1. The molecule has 0 atom stereocenters. The van der Waals surface area contributed by atoms with Crippen molar-refractivity contribution in [2.24, 2.45) is 0 Å². The van der Waals surface area contributed by atoms with Gasteiger partial charge in [0.25, 0.3) is 5.69 Å². The lowest BCUT2D eigenvalue weighted by Gasteiger charge is -2.09. The molecule has 4 rings (SSSR count). The Morgan fingerprint density at radius 1 is 1.13 bits per heavy atom. The van der Waals surface area contributed by atoms with E-state index in [-0.39, 0.29) is 29.6 Å². The van der Waals surface area contributed by atoms with Crippen molar-refractivity contribution in [2.75, 3.05) is 19.7 Å². The smallest absolute Gasteiger partial charge is 0.762 e. The molecule has 0 N–H and O–H groups in total. The van der Waals surface area contributed by atoms with Crippen LogP contribution in [0.2, 0.25) is 0 Å². The normalized spacial score (nSPS) is 12.6. The number of ether oxygens (including phenoxy) is 1. The Kier molecular flexibility index (Phi) is 19.5. The van der Waals surface area contributed by atoms with Crippen LogP contribution in [-0.2, 0) is 22.5 Å². The number of esters is 1. The predicted molar refractivity (Wildman–Crippen MR) is 141 cm³/mol. The number of hydrogen-bond donors (Lipinski definition) is 0. The van der Waals surface area contributed by atoms with Crippen molar-refractivity contribution in [1.82, 2.24) is 14.5 Å². The number of nitrogens with zero attached hydrogens (tertiary/aromatic N) is 4. The minimum atomic E-state index is -3.67. The van der Waals surface area contributed by atoms with Crippen LogP contribution in [0.5, 0.6) is 0 Å². The van der Waals surface area contributed by atoms with Crippen LogP contribution in [0.15, 0.2) is 42.7 Å². The zero-order valence-corrected chi connectivity index (χ0v) is 21.6. The van der Waals surface area contributed by atoms with Gasteiger partial charge in [0.15, 0.2) is 5.78 Å². The first kappa shape index (κ1) is 37.4. The number of nitro benzene ring substituents is 1. The van der Waals surface area contributed by atoms with E-state index in [0.717, 1.165) is 37.4 Å². The van der Waals surface area contributed by atoms with E-state index in [2.05, 4.69) is 14.5 Å². The first-order chi connectivity index (χ1) is 17.5. The van der Waals surface area contributed by atoms with Crippen LogP contribution < -0.4 is 4.70 Å². The summed E-state index contributed by atoms with van der Waals surface area (Å²) in [5.74, 6) is 0.881. The number of rotatable bonds is 5. The number of Topliss-reactive ketones (excluding diaryl/α,β-unsaturated/α-hetero) is 1. The van der Waals surface area contributed by atoms with Gasteiger partial charge in [0.05, 0.1) is 11.5 Å². The molecule has 0 bridgehead atoms.